The summed E-state index contributed by atoms with van der Waals surface area (Å²) in [4.78, 5) is 73.3. The molecule has 0 heterocycles. The smallest absolute Gasteiger partial charge is 0.462 e. The van der Waals surface area contributed by atoms with E-state index >= 15 is 0 Å². The minimum absolute atomic E-state index is 0.107. The second-order valence-corrected chi connectivity index (χ2v) is 36.3. The Morgan fingerprint density at radius 3 is 0.630 bits per heavy atom. The highest BCUT2D eigenvalue weighted by Gasteiger charge is 2.31. The molecule has 0 saturated carbocycles. The van der Waals surface area contributed by atoms with Crippen molar-refractivity contribution >= 4 is 39.5 Å². The van der Waals surface area contributed by atoms with E-state index in [4.69, 9.17) is 37.0 Å². The van der Waals surface area contributed by atoms with Gasteiger partial charge in [-0.3, -0.25) is 37.3 Å². The lowest BCUT2D eigenvalue weighted by atomic mass is 10.0. The van der Waals surface area contributed by atoms with Crippen molar-refractivity contribution in [3.8, 4) is 0 Å². The van der Waals surface area contributed by atoms with Crippen molar-refractivity contribution < 1.29 is 80.2 Å². The molecular formula is C89H174O17P2. The van der Waals surface area contributed by atoms with E-state index in [9.17, 15) is 43.2 Å². The van der Waals surface area contributed by atoms with E-state index in [2.05, 4.69) is 48.5 Å². The molecule has 0 bridgehead atoms. The van der Waals surface area contributed by atoms with Gasteiger partial charge in [-0.05, 0) is 43.4 Å². The minimum Gasteiger partial charge on any atom is -0.462 e. The first-order chi connectivity index (χ1) is 52.2. The fraction of sp³-hybridized carbons (Fsp3) is 0.955. The molecule has 0 aromatic heterocycles. The van der Waals surface area contributed by atoms with Crippen molar-refractivity contribution in [1.29, 1.82) is 0 Å². The number of hydrogen-bond acceptors (Lipinski definition) is 15. The first kappa shape index (κ1) is 106. The molecule has 2 unspecified atom stereocenters. The van der Waals surface area contributed by atoms with E-state index in [1.807, 2.05) is 0 Å². The molecule has 19 heteroatoms. The van der Waals surface area contributed by atoms with Crippen molar-refractivity contribution in [2.75, 3.05) is 39.6 Å². The molecule has 0 saturated heterocycles. The number of esters is 4. The Bertz CT molecular complexity index is 2080. The number of carbonyl (C=O) groups excluding carboxylic acids is 4. The maximum absolute atomic E-state index is 13.2. The average Bonchev–Trinajstić information content (AvgIpc) is 0.895. The molecule has 0 spiro atoms. The maximum atomic E-state index is 13.2. The van der Waals surface area contributed by atoms with E-state index in [-0.39, 0.29) is 25.7 Å². The van der Waals surface area contributed by atoms with Gasteiger partial charge < -0.3 is 33.8 Å². The van der Waals surface area contributed by atoms with E-state index in [1.165, 1.54) is 283 Å². The van der Waals surface area contributed by atoms with Gasteiger partial charge in [0, 0.05) is 25.7 Å². The second-order valence-electron chi connectivity index (χ2n) is 33.4. The molecule has 0 aromatic rings. The average molecular weight is 1580 g/mol. The molecule has 3 N–H and O–H groups in total. The Morgan fingerprint density at radius 1 is 0.250 bits per heavy atom. The Balaban J connectivity index is 5.23. The van der Waals surface area contributed by atoms with Gasteiger partial charge in [0.1, 0.15) is 19.3 Å². The molecule has 0 aromatic carbocycles. The molecule has 0 aliphatic rings. The van der Waals surface area contributed by atoms with Crippen LogP contribution in [0.25, 0.3) is 0 Å². The maximum Gasteiger partial charge on any atom is 0.472 e. The summed E-state index contributed by atoms with van der Waals surface area (Å²) in [6.45, 7) is 12.1. The molecule has 108 heavy (non-hydrogen) atoms. The summed E-state index contributed by atoms with van der Waals surface area (Å²) in [5.41, 5.74) is 0. The van der Waals surface area contributed by atoms with Gasteiger partial charge in [-0.15, -0.1) is 0 Å². The van der Waals surface area contributed by atoms with E-state index < -0.39 is 97.5 Å². The molecule has 0 aliphatic carbocycles. The summed E-state index contributed by atoms with van der Waals surface area (Å²) in [5.74, 6) is 0.320. The largest absolute Gasteiger partial charge is 0.472 e. The van der Waals surface area contributed by atoms with Crippen LogP contribution in [-0.2, 0) is 65.4 Å². The number of phosphoric acid groups is 2. The lowest BCUT2D eigenvalue weighted by Gasteiger charge is -2.21. The van der Waals surface area contributed by atoms with Crippen LogP contribution in [0.4, 0.5) is 0 Å². The third kappa shape index (κ3) is 82.1. The number of carbonyl (C=O) groups is 4. The van der Waals surface area contributed by atoms with Crippen LogP contribution in [0, 0.1) is 17.8 Å². The number of ether oxygens (including phenoxy) is 4. The van der Waals surface area contributed by atoms with Crippen LogP contribution in [0.3, 0.4) is 0 Å². The number of aliphatic hydroxyl groups excluding tert-OH is 1. The summed E-state index contributed by atoms with van der Waals surface area (Å²) < 4.78 is 69.0. The molecular weight excluding hydrogens is 1400 g/mol. The van der Waals surface area contributed by atoms with Crippen molar-refractivity contribution in [3.05, 3.63) is 0 Å². The molecule has 0 amide bonds. The van der Waals surface area contributed by atoms with Crippen LogP contribution < -0.4 is 0 Å². The van der Waals surface area contributed by atoms with Crippen LogP contribution in [0.1, 0.15) is 472 Å². The molecule has 17 nitrogen and oxygen atoms in total. The topological polar surface area (TPSA) is 237 Å². The normalized spacial score (nSPS) is 13.8. The summed E-state index contributed by atoms with van der Waals surface area (Å²) in [7, 11) is -9.93. The number of rotatable bonds is 87. The molecule has 0 aliphatic heterocycles. The summed E-state index contributed by atoms with van der Waals surface area (Å²) in [6, 6.07) is 0. The van der Waals surface area contributed by atoms with E-state index in [0.29, 0.717) is 25.7 Å². The first-order valence-electron chi connectivity index (χ1n) is 45.8. The van der Waals surface area contributed by atoms with Gasteiger partial charge in [0.2, 0.25) is 0 Å². The van der Waals surface area contributed by atoms with Crippen LogP contribution >= 0.6 is 15.6 Å². The zero-order valence-electron chi connectivity index (χ0n) is 71.3. The minimum atomic E-state index is -4.97. The predicted molar refractivity (Wildman–Crippen MR) is 446 cm³/mol. The molecule has 5 atom stereocenters. The van der Waals surface area contributed by atoms with Gasteiger partial charge in [0.05, 0.1) is 26.4 Å². The zero-order chi connectivity index (χ0) is 79.3. The van der Waals surface area contributed by atoms with Gasteiger partial charge in [0.25, 0.3) is 0 Å². The van der Waals surface area contributed by atoms with E-state index in [1.54, 1.807) is 0 Å². The van der Waals surface area contributed by atoms with Crippen molar-refractivity contribution in [1.82, 2.24) is 0 Å². The van der Waals surface area contributed by atoms with Crippen molar-refractivity contribution in [3.63, 3.8) is 0 Å². The fourth-order valence-corrected chi connectivity index (χ4v) is 15.5. The van der Waals surface area contributed by atoms with E-state index in [0.717, 1.165) is 108 Å². The van der Waals surface area contributed by atoms with Gasteiger partial charge in [0.15, 0.2) is 12.2 Å². The van der Waals surface area contributed by atoms with Crippen LogP contribution in [0.2, 0.25) is 0 Å². The number of unbranched alkanes of at least 4 members (excludes halogenated alkanes) is 55. The lowest BCUT2D eigenvalue weighted by Crippen LogP contribution is -2.30. The summed E-state index contributed by atoms with van der Waals surface area (Å²) >= 11 is 0. The van der Waals surface area contributed by atoms with Crippen LogP contribution in [0.5, 0.6) is 0 Å². The number of phosphoric ester groups is 2. The molecule has 0 radical (unpaired) electrons. The predicted octanol–water partition coefficient (Wildman–Crippen LogP) is 27.3. The zero-order valence-corrected chi connectivity index (χ0v) is 73.1. The Labute approximate surface area is 664 Å². The van der Waals surface area contributed by atoms with Gasteiger partial charge in [-0.2, -0.15) is 0 Å². The third-order valence-corrected chi connectivity index (χ3v) is 22.8. The fourth-order valence-electron chi connectivity index (χ4n) is 13.9. The standard InChI is InChI=1S/C89H174O17P2/c1-8-9-10-11-12-13-32-42-49-56-63-70-86(91)99-76-84(106-89(94)73-66-59-52-45-38-31-30-35-41-48-55-62-69-82(6)7)78-103-107(95,96)101-74-83(90)75-102-108(97,98)104-79-85(105-88(93)72-65-58-51-44-37-29-25-21-17-15-19-23-27-34-40-47-54-61-68-81(4)5)77-100-87(92)71-64-57-50-43-36-28-24-20-16-14-18-22-26-33-39-46-53-60-67-80(2)3/h80-85,90H,8-79H2,1-7H3,(H,95,96)(H,97,98)/t83-,84+,85+/m0/s1. The third-order valence-electron chi connectivity index (χ3n) is 20.9. The highest BCUT2D eigenvalue weighted by molar-refractivity contribution is 7.47. The molecule has 0 fully saturated rings. The summed E-state index contributed by atoms with van der Waals surface area (Å²) in [6.07, 6.45) is 70.8. The highest BCUT2D eigenvalue weighted by Crippen LogP contribution is 2.45. The second kappa shape index (κ2) is 78.9. The number of aliphatic hydroxyl groups is 1. The number of hydrogen-bond donors (Lipinski definition) is 3. The monoisotopic (exact) mass is 1580 g/mol. The van der Waals surface area contributed by atoms with Gasteiger partial charge in [-0.1, -0.05) is 421 Å². The quantitative estimate of drug-likeness (QED) is 0.0222. The molecule has 642 valence electrons. The van der Waals surface area contributed by atoms with Crippen LogP contribution in [-0.4, -0.2) is 96.7 Å². The van der Waals surface area contributed by atoms with Crippen molar-refractivity contribution in [2.45, 2.75) is 491 Å². The summed E-state index contributed by atoms with van der Waals surface area (Å²) in [5, 5.41) is 10.7. The highest BCUT2D eigenvalue weighted by atomic mass is 31.2. The Morgan fingerprint density at radius 2 is 0.426 bits per heavy atom. The SMILES string of the molecule is CCCCCCCCCCCCCC(=O)OC[C@H](COP(=O)(O)OC[C@H](O)COP(=O)(O)OC[C@@H](COC(=O)CCCCCCCCCCCCCCCCCCCCC(C)C)OC(=O)CCCCCCCCCCCCCCCCCCCCC(C)C)OC(=O)CCCCCCCCCCCCCCC(C)C. The van der Waals surface area contributed by atoms with Crippen LogP contribution in [0.15, 0.2) is 0 Å². The Kier molecular flexibility index (Phi) is 77.5. The van der Waals surface area contributed by atoms with Gasteiger partial charge >= 0.3 is 39.5 Å². The lowest BCUT2D eigenvalue weighted by molar-refractivity contribution is -0.161. The first-order valence-corrected chi connectivity index (χ1v) is 48.8. The molecule has 0 rings (SSSR count). The van der Waals surface area contributed by atoms with Gasteiger partial charge in [-0.25, -0.2) is 9.13 Å². The van der Waals surface area contributed by atoms with Crippen molar-refractivity contribution in [2.24, 2.45) is 17.8 Å². The Hall–Kier alpha value is -1.94.